The summed E-state index contributed by atoms with van der Waals surface area (Å²) in [5, 5.41) is 0. The summed E-state index contributed by atoms with van der Waals surface area (Å²) >= 11 is 0. The molecule has 2 aromatic heterocycles. The Balaban J connectivity index is 2.23. The lowest BCUT2D eigenvalue weighted by Crippen LogP contribution is -2.10. The van der Waals surface area contributed by atoms with Crippen LogP contribution in [0, 0.1) is 0 Å². The number of nitrogens with one attached hydrogen (secondary N) is 1. The summed E-state index contributed by atoms with van der Waals surface area (Å²) in [6, 6.07) is 7.60. The summed E-state index contributed by atoms with van der Waals surface area (Å²) in [5.41, 5.74) is 6.98. The number of aryl methyl sites for hydroxylation is 1. The minimum atomic E-state index is -0.190. The topological polar surface area (TPSA) is 55.0 Å². The number of H-pyrrole nitrogens is 1. The monoisotopic (exact) mass is 190 g/mol. The maximum Gasteiger partial charge on any atom is 0.126 e. The fourth-order valence-corrected chi connectivity index (χ4v) is 1.44. The standard InChI is InChI=1S/C11H14N2O/c1-2-8-5-6-10(14-8)11(12)9-4-3-7-13-9/h3-7,11,13H,2,12H2,1H3. The molecule has 0 radical (unpaired) electrons. The predicted octanol–water partition coefficient (Wildman–Crippen LogP) is 2.22. The summed E-state index contributed by atoms with van der Waals surface area (Å²) in [6.07, 6.45) is 2.76. The highest BCUT2D eigenvalue weighted by atomic mass is 16.3. The van der Waals surface area contributed by atoms with Gasteiger partial charge in [0.2, 0.25) is 0 Å². The van der Waals surface area contributed by atoms with Crippen molar-refractivity contribution < 1.29 is 4.42 Å². The fraction of sp³-hybridized carbons (Fsp3) is 0.273. The second-order valence-electron chi connectivity index (χ2n) is 3.26. The van der Waals surface area contributed by atoms with Crippen LogP contribution in [-0.2, 0) is 6.42 Å². The van der Waals surface area contributed by atoms with Gasteiger partial charge in [-0.2, -0.15) is 0 Å². The molecule has 14 heavy (non-hydrogen) atoms. The van der Waals surface area contributed by atoms with Crippen molar-refractivity contribution in [1.82, 2.24) is 4.98 Å². The zero-order valence-corrected chi connectivity index (χ0v) is 8.16. The molecule has 2 heterocycles. The third-order valence-corrected chi connectivity index (χ3v) is 2.29. The van der Waals surface area contributed by atoms with Gasteiger partial charge in [0.15, 0.2) is 0 Å². The van der Waals surface area contributed by atoms with Crippen molar-refractivity contribution in [3.8, 4) is 0 Å². The van der Waals surface area contributed by atoms with E-state index in [1.54, 1.807) is 0 Å². The first-order chi connectivity index (χ1) is 6.81. The van der Waals surface area contributed by atoms with E-state index in [4.69, 9.17) is 10.2 Å². The summed E-state index contributed by atoms with van der Waals surface area (Å²) in [5.74, 6) is 1.78. The SMILES string of the molecule is CCc1ccc(C(N)c2ccc[nH]2)o1. The van der Waals surface area contributed by atoms with E-state index in [1.165, 1.54) is 0 Å². The highest BCUT2D eigenvalue weighted by Crippen LogP contribution is 2.20. The molecule has 0 amide bonds. The molecule has 2 aromatic rings. The Morgan fingerprint density at radius 1 is 1.43 bits per heavy atom. The summed E-state index contributed by atoms with van der Waals surface area (Å²) < 4.78 is 5.57. The van der Waals surface area contributed by atoms with Gasteiger partial charge >= 0.3 is 0 Å². The number of aromatic amines is 1. The normalized spacial score (nSPS) is 13.0. The fourth-order valence-electron chi connectivity index (χ4n) is 1.44. The van der Waals surface area contributed by atoms with Crippen LogP contribution in [0.15, 0.2) is 34.9 Å². The third-order valence-electron chi connectivity index (χ3n) is 2.29. The van der Waals surface area contributed by atoms with E-state index in [2.05, 4.69) is 11.9 Å². The molecule has 3 nitrogen and oxygen atoms in total. The zero-order chi connectivity index (χ0) is 9.97. The molecule has 0 saturated carbocycles. The second kappa shape index (κ2) is 3.72. The van der Waals surface area contributed by atoms with Gasteiger partial charge in [-0.05, 0) is 24.3 Å². The van der Waals surface area contributed by atoms with Crippen LogP contribution in [0.3, 0.4) is 0 Å². The maximum atomic E-state index is 6.00. The van der Waals surface area contributed by atoms with Crippen molar-refractivity contribution in [3.63, 3.8) is 0 Å². The van der Waals surface area contributed by atoms with Crippen LogP contribution in [0.4, 0.5) is 0 Å². The first kappa shape index (κ1) is 9.09. The van der Waals surface area contributed by atoms with E-state index >= 15 is 0 Å². The molecule has 0 fully saturated rings. The lowest BCUT2D eigenvalue weighted by atomic mass is 10.2. The van der Waals surface area contributed by atoms with Gasteiger partial charge in [0, 0.05) is 18.3 Å². The van der Waals surface area contributed by atoms with Gasteiger partial charge in [0.1, 0.15) is 17.6 Å². The van der Waals surface area contributed by atoms with E-state index in [0.717, 1.165) is 23.6 Å². The summed E-state index contributed by atoms with van der Waals surface area (Å²) in [6.45, 7) is 2.06. The molecule has 0 aromatic carbocycles. The lowest BCUT2D eigenvalue weighted by Gasteiger charge is -2.05. The molecule has 0 aliphatic carbocycles. The van der Waals surface area contributed by atoms with Crippen LogP contribution in [0.1, 0.15) is 30.2 Å². The Kier molecular flexibility index (Phi) is 2.41. The lowest BCUT2D eigenvalue weighted by molar-refractivity contribution is 0.452. The van der Waals surface area contributed by atoms with E-state index < -0.39 is 0 Å². The van der Waals surface area contributed by atoms with Crippen LogP contribution < -0.4 is 5.73 Å². The Bertz CT molecular complexity index is 389. The number of hydrogen-bond acceptors (Lipinski definition) is 2. The molecule has 74 valence electrons. The van der Waals surface area contributed by atoms with Gasteiger partial charge in [-0.3, -0.25) is 0 Å². The molecule has 0 aliphatic rings. The molecule has 1 atom stereocenters. The number of aromatic nitrogens is 1. The largest absolute Gasteiger partial charge is 0.464 e. The minimum absolute atomic E-state index is 0.190. The number of rotatable bonds is 3. The van der Waals surface area contributed by atoms with E-state index in [0.29, 0.717) is 0 Å². The van der Waals surface area contributed by atoms with Crippen molar-refractivity contribution in [1.29, 1.82) is 0 Å². The van der Waals surface area contributed by atoms with Crippen LogP contribution >= 0.6 is 0 Å². The molecule has 3 heteroatoms. The Morgan fingerprint density at radius 2 is 2.29 bits per heavy atom. The quantitative estimate of drug-likeness (QED) is 0.779. The van der Waals surface area contributed by atoms with Crippen LogP contribution in [0.25, 0.3) is 0 Å². The van der Waals surface area contributed by atoms with Crippen molar-refractivity contribution in [2.45, 2.75) is 19.4 Å². The molecule has 3 N–H and O–H groups in total. The average Bonchev–Trinajstić information content (AvgIpc) is 2.88. The molecular weight excluding hydrogens is 176 g/mol. The molecular formula is C11H14N2O. The van der Waals surface area contributed by atoms with Gasteiger partial charge in [0.25, 0.3) is 0 Å². The highest BCUT2D eigenvalue weighted by Gasteiger charge is 2.13. The summed E-state index contributed by atoms with van der Waals surface area (Å²) in [4.78, 5) is 3.08. The van der Waals surface area contributed by atoms with Gasteiger partial charge in [-0.15, -0.1) is 0 Å². The highest BCUT2D eigenvalue weighted by molar-refractivity contribution is 5.21. The predicted molar refractivity (Wildman–Crippen MR) is 54.9 cm³/mol. The molecule has 0 bridgehead atoms. The zero-order valence-electron chi connectivity index (χ0n) is 8.16. The van der Waals surface area contributed by atoms with Crippen molar-refractivity contribution >= 4 is 0 Å². The first-order valence-electron chi connectivity index (χ1n) is 4.78. The number of furan rings is 1. The van der Waals surface area contributed by atoms with E-state index in [-0.39, 0.29) is 6.04 Å². The van der Waals surface area contributed by atoms with Gasteiger partial charge < -0.3 is 15.1 Å². The smallest absolute Gasteiger partial charge is 0.126 e. The van der Waals surface area contributed by atoms with E-state index in [1.807, 2.05) is 30.5 Å². The third kappa shape index (κ3) is 1.59. The van der Waals surface area contributed by atoms with Crippen LogP contribution in [-0.4, -0.2) is 4.98 Å². The molecule has 0 saturated heterocycles. The van der Waals surface area contributed by atoms with Crippen LogP contribution in [0.5, 0.6) is 0 Å². The molecule has 0 aliphatic heterocycles. The maximum absolute atomic E-state index is 6.00. The van der Waals surface area contributed by atoms with Crippen LogP contribution in [0.2, 0.25) is 0 Å². The number of nitrogens with two attached hydrogens (primary N) is 1. The van der Waals surface area contributed by atoms with Gasteiger partial charge in [0.05, 0.1) is 0 Å². The minimum Gasteiger partial charge on any atom is -0.464 e. The Labute approximate surface area is 82.9 Å². The Hall–Kier alpha value is -1.48. The van der Waals surface area contributed by atoms with Crippen molar-refractivity contribution in [2.75, 3.05) is 0 Å². The molecule has 2 rings (SSSR count). The Morgan fingerprint density at radius 3 is 2.86 bits per heavy atom. The first-order valence-corrected chi connectivity index (χ1v) is 4.78. The average molecular weight is 190 g/mol. The van der Waals surface area contributed by atoms with Crippen molar-refractivity contribution in [3.05, 3.63) is 47.7 Å². The molecule has 1 unspecified atom stereocenters. The summed E-state index contributed by atoms with van der Waals surface area (Å²) in [7, 11) is 0. The van der Waals surface area contributed by atoms with Crippen molar-refractivity contribution in [2.24, 2.45) is 5.73 Å². The number of hydrogen-bond donors (Lipinski definition) is 2. The second-order valence-corrected chi connectivity index (χ2v) is 3.26. The molecule has 0 spiro atoms. The van der Waals surface area contributed by atoms with Gasteiger partial charge in [-0.1, -0.05) is 6.92 Å². The van der Waals surface area contributed by atoms with E-state index in [9.17, 15) is 0 Å². The van der Waals surface area contributed by atoms with Gasteiger partial charge in [-0.25, -0.2) is 0 Å².